The molecule has 0 saturated heterocycles. The van der Waals surface area contributed by atoms with Crippen molar-refractivity contribution in [3.8, 4) is 17.2 Å². The summed E-state index contributed by atoms with van der Waals surface area (Å²) in [5.74, 6) is 1.79. The average Bonchev–Trinajstić information content (AvgIpc) is 2.81. The van der Waals surface area contributed by atoms with Crippen molar-refractivity contribution < 1.29 is 4.74 Å². The first-order valence-corrected chi connectivity index (χ1v) is 11.1. The van der Waals surface area contributed by atoms with Crippen LogP contribution >= 0.6 is 0 Å². The number of rotatable bonds is 0. The molecule has 4 heteroatoms. The van der Waals surface area contributed by atoms with E-state index in [1.165, 1.54) is 22.1 Å². The van der Waals surface area contributed by atoms with Gasteiger partial charge in [-0.15, -0.1) is 0 Å². The predicted molar refractivity (Wildman–Crippen MR) is 130 cm³/mol. The highest BCUT2D eigenvalue weighted by atomic mass is 16.5. The predicted octanol–water partition coefficient (Wildman–Crippen LogP) is 3.72. The SMILES string of the molecule is CC1(C)c2cccc3c2B2c4c(cccc4-n4c(=O)c5ccccc5c5ccc1c2c54)O3. The second-order valence-electron chi connectivity index (χ2n) is 9.68. The number of ether oxygens (including phenoxy) is 1. The summed E-state index contributed by atoms with van der Waals surface area (Å²) in [5.41, 5.74) is 8.08. The van der Waals surface area contributed by atoms with E-state index in [9.17, 15) is 4.79 Å². The largest absolute Gasteiger partial charge is 0.458 e. The van der Waals surface area contributed by atoms with E-state index in [1.54, 1.807) is 0 Å². The van der Waals surface area contributed by atoms with E-state index < -0.39 is 0 Å². The van der Waals surface area contributed by atoms with E-state index in [0.29, 0.717) is 0 Å². The summed E-state index contributed by atoms with van der Waals surface area (Å²) in [4.78, 5) is 13.9. The Morgan fingerprint density at radius 3 is 2.28 bits per heavy atom. The fraction of sp³-hybridized carbons (Fsp3) is 0.107. The van der Waals surface area contributed by atoms with Gasteiger partial charge in [-0.1, -0.05) is 62.4 Å². The van der Waals surface area contributed by atoms with Crippen LogP contribution in [0, 0.1) is 0 Å². The van der Waals surface area contributed by atoms with Crippen molar-refractivity contribution in [1.29, 1.82) is 0 Å². The standard InChI is InChI=1S/C28H18BNO2/c1-28(2)18-9-5-11-21-23(18)29-24-19(28)14-13-16-15-7-3-4-8-17(15)27(31)30(26(16)24)20-10-6-12-22(32-21)25(20)29/h3-14H,1-2H3. The monoisotopic (exact) mass is 411 g/mol. The van der Waals surface area contributed by atoms with Gasteiger partial charge in [0.15, 0.2) is 0 Å². The highest BCUT2D eigenvalue weighted by molar-refractivity contribution is 7.00. The first-order valence-electron chi connectivity index (χ1n) is 11.1. The molecule has 3 aliphatic heterocycles. The molecule has 0 saturated carbocycles. The molecule has 0 fully saturated rings. The summed E-state index contributed by atoms with van der Waals surface area (Å²) in [5, 5.41) is 2.91. The molecule has 3 nitrogen and oxygen atoms in total. The molecule has 0 unspecified atom stereocenters. The molecular weight excluding hydrogens is 393 g/mol. The van der Waals surface area contributed by atoms with E-state index in [0.717, 1.165) is 44.3 Å². The molecular formula is C28H18BNO2. The molecule has 150 valence electrons. The number of pyridine rings is 1. The van der Waals surface area contributed by atoms with Crippen molar-refractivity contribution in [1.82, 2.24) is 4.57 Å². The van der Waals surface area contributed by atoms with Crippen LogP contribution in [0.25, 0.3) is 27.4 Å². The lowest BCUT2D eigenvalue weighted by molar-refractivity contribution is 0.484. The summed E-state index contributed by atoms with van der Waals surface area (Å²) in [6.07, 6.45) is 0. The lowest BCUT2D eigenvalue weighted by Gasteiger charge is -2.44. The topological polar surface area (TPSA) is 31.2 Å². The van der Waals surface area contributed by atoms with Gasteiger partial charge in [-0.05, 0) is 57.2 Å². The van der Waals surface area contributed by atoms with Gasteiger partial charge in [-0.3, -0.25) is 9.36 Å². The molecule has 0 atom stereocenters. The smallest absolute Gasteiger partial charge is 0.263 e. The number of hydrogen-bond donors (Lipinski definition) is 0. The van der Waals surface area contributed by atoms with Gasteiger partial charge in [-0.2, -0.15) is 0 Å². The van der Waals surface area contributed by atoms with E-state index in [2.05, 4.69) is 56.3 Å². The van der Waals surface area contributed by atoms with Crippen LogP contribution in [0.3, 0.4) is 0 Å². The van der Waals surface area contributed by atoms with Crippen LogP contribution in [-0.2, 0) is 5.41 Å². The molecule has 0 spiro atoms. The molecule has 32 heavy (non-hydrogen) atoms. The maximum atomic E-state index is 13.9. The first kappa shape index (κ1) is 16.9. The summed E-state index contributed by atoms with van der Waals surface area (Å²) >= 11 is 0. The van der Waals surface area contributed by atoms with Crippen LogP contribution in [0.15, 0.2) is 77.6 Å². The minimum absolute atomic E-state index is 0.0378. The highest BCUT2D eigenvalue weighted by Crippen LogP contribution is 2.42. The molecule has 4 aromatic carbocycles. The third-order valence-electron chi connectivity index (χ3n) is 7.87. The Balaban J connectivity index is 1.72. The Labute approximate surface area is 185 Å². The van der Waals surface area contributed by atoms with E-state index in [4.69, 9.17) is 4.74 Å². The van der Waals surface area contributed by atoms with Gasteiger partial charge in [0.05, 0.1) is 5.52 Å². The average molecular weight is 411 g/mol. The third-order valence-corrected chi connectivity index (χ3v) is 7.87. The van der Waals surface area contributed by atoms with Gasteiger partial charge >= 0.3 is 0 Å². The Morgan fingerprint density at radius 1 is 0.719 bits per heavy atom. The van der Waals surface area contributed by atoms with E-state index >= 15 is 0 Å². The summed E-state index contributed by atoms with van der Waals surface area (Å²) in [6.45, 7) is 4.65. The Morgan fingerprint density at radius 2 is 1.44 bits per heavy atom. The van der Waals surface area contributed by atoms with Crippen LogP contribution < -0.4 is 26.7 Å². The van der Waals surface area contributed by atoms with Crippen molar-refractivity contribution in [3.05, 3.63) is 94.3 Å². The van der Waals surface area contributed by atoms with Gasteiger partial charge in [0.25, 0.3) is 12.3 Å². The molecule has 0 amide bonds. The van der Waals surface area contributed by atoms with Crippen LogP contribution in [0.1, 0.15) is 25.0 Å². The van der Waals surface area contributed by atoms with Crippen molar-refractivity contribution in [2.45, 2.75) is 19.3 Å². The zero-order valence-electron chi connectivity index (χ0n) is 17.8. The second kappa shape index (κ2) is 5.16. The van der Waals surface area contributed by atoms with Crippen molar-refractivity contribution in [2.24, 2.45) is 0 Å². The highest BCUT2D eigenvalue weighted by Gasteiger charge is 2.49. The quantitative estimate of drug-likeness (QED) is 0.282. The van der Waals surface area contributed by atoms with Crippen molar-refractivity contribution >= 4 is 44.8 Å². The van der Waals surface area contributed by atoms with Gasteiger partial charge in [0, 0.05) is 21.9 Å². The number of fused-ring (bicyclic) bond motifs is 3. The molecule has 0 bridgehead atoms. The Hall–Kier alpha value is -3.79. The van der Waals surface area contributed by atoms with Crippen molar-refractivity contribution in [3.63, 3.8) is 0 Å². The van der Waals surface area contributed by atoms with Crippen LogP contribution in [0.4, 0.5) is 0 Å². The zero-order valence-corrected chi connectivity index (χ0v) is 17.8. The maximum Gasteiger partial charge on any atom is 0.263 e. The number of hydrogen-bond acceptors (Lipinski definition) is 2. The molecule has 4 heterocycles. The Bertz CT molecular complexity index is 1760. The lowest BCUT2D eigenvalue weighted by Crippen LogP contribution is -2.65. The molecule has 8 rings (SSSR count). The molecule has 0 N–H and O–H groups in total. The lowest BCUT2D eigenvalue weighted by atomic mass is 9.29. The summed E-state index contributed by atoms with van der Waals surface area (Å²) < 4.78 is 8.40. The zero-order chi connectivity index (χ0) is 21.4. The molecule has 5 aromatic rings. The third kappa shape index (κ3) is 1.66. The Kier molecular flexibility index (Phi) is 2.72. The summed E-state index contributed by atoms with van der Waals surface area (Å²) in [7, 11) is 0. The van der Waals surface area contributed by atoms with Crippen LogP contribution in [0.5, 0.6) is 11.5 Å². The van der Waals surface area contributed by atoms with Crippen LogP contribution in [-0.4, -0.2) is 11.3 Å². The van der Waals surface area contributed by atoms with E-state index in [-0.39, 0.29) is 17.7 Å². The normalized spacial score (nSPS) is 15.8. The van der Waals surface area contributed by atoms with Crippen LogP contribution in [0.2, 0.25) is 0 Å². The number of benzene rings is 4. The second-order valence-corrected chi connectivity index (χ2v) is 9.68. The van der Waals surface area contributed by atoms with Gasteiger partial charge in [0.1, 0.15) is 11.5 Å². The molecule has 0 radical (unpaired) electrons. The number of aromatic nitrogens is 1. The minimum Gasteiger partial charge on any atom is -0.458 e. The fourth-order valence-corrected chi connectivity index (χ4v) is 6.54. The molecule has 3 aliphatic rings. The number of nitrogens with zero attached hydrogens (tertiary/aromatic N) is 1. The van der Waals surface area contributed by atoms with Gasteiger partial charge in [0.2, 0.25) is 0 Å². The molecule has 0 aliphatic carbocycles. The van der Waals surface area contributed by atoms with Crippen molar-refractivity contribution in [2.75, 3.05) is 0 Å². The minimum atomic E-state index is -0.189. The van der Waals surface area contributed by atoms with E-state index in [1.807, 2.05) is 34.9 Å². The van der Waals surface area contributed by atoms with Gasteiger partial charge < -0.3 is 4.74 Å². The summed E-state index contributed by atoms with van der Waals surface area (Å²) in [6, 6.07) is 25.0. The maximum absolute atomic E-state index is 13.9. The van der Waals surface area contributed by atoms with Gasteiger partial charge in [-0.25, -0.2) is 0 Å². The first-order chi connectivity index (χ1) is 15.6. The fourth-order valence-electron chi connectivity index (χ4n) is 6.54. The molecule has 1 aromatic heterocycles.